The van der Waals surface area contributed by atoms with E-state index in [2.05, 4.69) is 5.32 Å². The van der Waals surface area contributed by atoms with E-state index in [1.54, 1.807) is 42.5 Å². The molecule has 38 heavy (non-hydrogen) atoms. The number of halogens is 1. The molecule has 0 saturated carbocycles. The van der Waals surface area contributed by atoms with Gasteiger partial charge in [-0.15, -0.1) is 0 Å². The molecular weight excluding hydrogens is 530 g/mol. The average Bonchev–Trinajstić information content (AvgIpc) is 2.92. The van der Waals surface area contributed by atoms with Crippen LogP contribution in [-0.2, 0) is 19.4 Å². The van der Waals surface area contributed by atoms with E-state index in [0.717, 1.165) is 6.07 Å². The summed E-state index contributed by atoms with van der Waals surface area (Å²) >= 11 is 6.07. The zero-order valence-electron chi connectivity index (χ0n) is 19.5. The minimum atomic E-state index is -4.03. The molecule has 10 heteroatoms. The van der Waals surface area contributed by atoms with Crippen molar-refractivity contribution in [2.75, 3.05) is 11.9 Å². The second-order valence-corrected chi connectivity index (χ2v) is 10.5. The fraction of sp³-hybridized carbons (Fsp3) is 0.0357. The van der Waals surface area contributed by atoms with Gasteiger partial charge in [0.1, 0.15) is 5.75 Å². The standard InChI is InChI=1S/C28H18ClNO7S/c29-18-11-13-23(37-19-6-2-1-3-7-19)22(15-18)30-26(31)16-36-28(33)17-10-12-21-25(14-17)38(34,35)24-9-5-4-8-20(24)27(21)32/h1-15H,16H2,(H,30,31). The molecule has 1 heterocycles. The maximum Gasteiger partial charge on any atom is 0.338 e. The van der Waals surface area contributed by atoms with Crippen LogP contribution >= 0.6 is 11.6 Å². The summed E-state index contributed by atoms with van der Waals surface area (Å²) in [6.45, 7) is -0.665. The summed E-state index contributed by atoms with van der Waals surface area (Å²) in [6, 6.07) is 23.1. The Morgan fingerprint density at radius 2 is 1.53 bits per heavy atom. The zero-order chi connectivity index (χ0) is 26.9. The second kappa shape index (κ2) is 10.1. The minimum absolute atomic E-state index is 0.0371. The predicted octanol–water partition coefficient (Wildman–Crippen LogP) is 5.31. The Labute approximate surface area is 222 Å². The number of sulfone groups is 1. The van der Waals surface area contributed by atoms with Crippen molar-refractivity contribution in [1.82, 2.24) is 0 Å². The number of hydrogen-bond donors (Lipinski definition) is 1. The van der Waals surface area contributed by atoms with E-state index >= 15 is 0 Å². The maximum absolute atomic E-state index is 13.1. The number of ether oxygens (including phenoxy) is 2. The van der Waals surface area contributed by atoms with Crippen LogP contribution in [0.15, 0.2) is 101 Å². The van der Waals surface area contributed by atoms with Gasteiger partial charge >= 0.3 is 5.97 Å². The normalized spacial score (nSPS) is 13.1. The van der Waals surface area contributed by atoms with Crippen molar-refractivity contribution in [1.29, 1.82) is 0 Å². The number of carbonyl (C=O) groups is 3. The van der Waals surface area contributed by atoms with Crippen LogP contribution in [0.4, 0.5) is 5.69 Å². The summed E-state index contributed by atoms with van der Waals surface area (Å²) in [5.74, 6) is -1.20. The first-order valence-corrected chi connectivity index (χ1v) is 13.1. The quantitative estimate of drug-likeness (QED) is 0.286. The van der Waals surface area contributed by atoms with Gasteiger partial charge in [0.2, 0.25) is 9.84 Å². The lowest BCUT2D eigenvalue weighted by Crippen LogP contribution is -2.23. The van der Waals surface area contributed by atoms with Crippen molar-refractivity contribution < 1.29 is 32.3 Å². The van der Waals surface area contributed by atoms with Gasteiger partial charge in [-0.25, -0.2) is 13.2 Å². The van der Waals surface area contributed by atoms with E-state index in [9.17, 15) is 22.8 Å². The third kappa shape index (κ3) is 4.89. The third-order valence-electron chi connectivity index (χ3n) is 5.69. The van der Waals surface area contributed by atoms with Crippen molar-refractivity contribution in [2.45, 2.75) is 9.79 Å². The number of nitrogens with one attached hydrogen (secondary N) is 1. The van der Waals surface area contributed by atoms with Crippen LogP contribution in [0.25, 0.3) is 0 Å². The van der Waals surface area contributed by atoms with Gasteiger partial charge in [0.05, 0.1) is 21.0 Å². The molecular formula is C28H18ClNO7S. The molecule has 0 fully saturated rings. The largest absolute Gasteiger partial charge is 0.455 e. The molecule has 5 rings (SSSR count). The van der Waals surface area contributed by atoms with Crippen LogP contribution in [0, 0.1) is 0 Å². The van der Waals surface area contributed by atoms with Gasteiger partial charge in [0.25, 0.3) is 5.91 Å². The van der Waals surface area contributed by atoms with E-state index in [1.165, 1.54) is 36.4 Å². The molecule has 0 bridgehead atoms. The lowest BCUT2D eigenvalue weighted by molar-refractivity contribution is -0.119. The number of hydrogen-bond acceptors (Lipinski definition) is 7. The first-order valence-electron chi connectivity index (χ1n) is 11.3. The number of esters is 1. The van der Waals surface area contributed by atoms with Crippen LogP contribution in [0.3, 0.4) is 0 Å². The van der Waals surface area contributed by atoms with E-state index < -0.39 is 34.1 Å². The SMILES string of the molecule is O=C(COC(=O)c1ccc2c(c1)S(=O)(=O)c1ccccc1C2=O)Nc1cc(Cl)ccc1Oc1ccccc1. The first-order chi connectivity index (χ1) is 18.2. The summed E-state index contributed by atoms with van der Waals surface area (Å²) < 4.78 is 37.1. The highest BCUT2D eigenvalue weighted by atomic mass is 35.5. The molecule has 1 N–H and O–H groups in total. The third-order valence-corrected chi connectivity index (χ3v) is 7.78. The highest BCUT2D eigenvalue weighted by Crippen LogP contribution is 2.35. The van der Waals surface area contributed by atoms with Gasteiger partial charge in [-0.2, -0.15) is 0 Å². The summed E-state index contributed by atoms with van der Waals surface area (Å²) in [5, 5.41) is 2.94. The molecule has 1 amide bonds. The van der Waals surface area contributed by atoms with Gasteiger partial charge in [0, 0.05) is 16.1 Å². The zero-order valence-corrected chi connectivity index (χ0v) is 21.1. The molecule has 0 atom stereocenters. The summed E-state index contributed by atoms with van der Waals surface area (Å²) in [6.07, 6.45) is 0. The van der Waals surface area contributed by atoms with Gasteiger partial charge in [0.15, 0.2) is 18.1 Å². The first kappa shape index (κ1) is 25.2. The number of carbonyl (C=O) groups excluding carboxylic acids is 3. The van der Waals surface area contributed by atoms with Crippen molar-refractivity contribution in [3.8, 4) is 11.5 Å². The van der Waals surface area contributed by atoms with E-state index in [4.69, 9.17) is 21.1 Å². The molecule has 190 valence electrons. The number of rotatable bonds is 6. The number of amides is 1. The molecule has 0 radical (unpaired) electrons. The van der Waals surface area contributed by atoms with Crippen molar-refractivity contribution in [3.05, 3.63) is 113 Å². The van der Waals surface area contributed by atoms with Crippen LogP contribution in [-0.4, -0.2) is 32.7 Å². The number of para-hydroxylation sites is 1. The van der Waals surface area contributed by atoms with E-state index in [-0.39, 0.29) is 32.2 Å². The Balaban J connectivity index is 1.30. The molecule has 0 unspecified atom stereocenters. The molecule has 4 aromatic rings. The van der Waals surface area contributed by atoms with Crippen LogP contribution < -0.4 is 10.1 Å². The number of anilines is 1. The average molecular weight is 548 g/mol. The van der Waals surface area contributed by atoms with Gasteiger partial charge in [-0.3, -0.25) is 9.59 Å². The van der Waals surface area contributed by atoms with Gasteiger partial charge < -0.3 is 14.8 Å². The lowest BCUT2D eigenvalue weighted by atomic mass is 10.0. The Bertz CT molecular complexity index is 1700. The number of benzene rings is 4. The molecule has 0 saturated heterocycles. The molecule has 1 aliphatic heterocycles. The summed E-state index contributed by atoms with van der Waals surface area (Å²) in [4.78, 5) is 37.6. The summed E-state index contributed by atoms with van der Waals surface area (Å²) in [5.41, 5.74) is 0.177. The van der Waals surface area contributed by atoms with Crippen LogP contribution in [0.5, 0.6) is 11.5 Å². The van der Waals surface area contributed by atoms with E-state index in [0.29, 0.717) is 16.5 Å². The maximum atomic E-state index is 13.1. The summed E-state index contributed by atoms with van der Waals surface area (Å²) in [7, 11) is -4.03. The van der Waals surface area contributed by atoms with Gasteiger partial charge in [-0.05, 0) is 60.7 Å². The molecule has 0 aliphatic carbocycles. The monoisotopic (exact) mass is 547 g/mol. The molecule has 0 aromatic heterocycles. The van der Waals surface area contributed by atoms with Crippen LogP contribution in [0.2, 0.25) is 5.02 Å². The fourth-order valence-electron chi connectivity index (χ4n) is 3.92. The number of ketones is 1. The van der Waals surface area contributed by atoms with E-state index in [1.807, 2.05) is 6.07 Å². The minimum Gasteiger partial charge on any atom is -0.455 e. The fourth-order valence-corrected chi connectivity index (χ4v) is 5.77. The Kier molecular flexibility index (Phi) is 6.71. The molecule has 8 nitrogen and oxygen atoms in total. The second-order valence-electron chi connectivity index (χ2n) is 8.22. The van der Waals surface area contributed by atoms with Crippen molar-refractivity contribution in [3.63, 3.8) is 0 Å². The molecule has 4 aromatic carbocycles. The smallest absolute Gasteiger partial charge is 0.338 e. The topological polar surface area (TPSA) is 116 Å². The highest BCUT2D eigenvalue weighted by Gasteiger charge is 2.35. The Morgan fingerprint density at radius 3 is 2.32 bits per heavy atom. The Hall–Kier alpha value is -4.47. The Morgan fingerprint density at radius 1 is 0.816 bits per heavy atom. The molecule has 0 spiro atoms. The highest BCUT2D eigenvalue weighted by molar-refractivity contribution is 7.91. The van der Waals surface area contributed by atoms with Gasteiger partial charge in [-0.1, -0.05) is 41.9 Å². The molecule has 1 aliphatic rings. The number of fused-ring (bicyclic) bond motifs is 2. The predicted molar refractivity (Wildman–Crippen MR) is 139 cm³/mol. The van der Waals surface area contributed by atoms with Crippen molar-refractivity contribution >= 4 is 44.8 Å². The van der Waals surface area contributed by atoms with Crippen LogP contribution in [0.1, 0.15) is 26.3 Å². The lowest BCUT2D eigenvalue weighted by Gasteiger charge is -2.19. The van der Waals surface area contributed by atoms with Crippen molar-refractivity contribution in [2.24, 2.45) is 0 Å².